The van der Waals surface area contributed by atoms with E-state index in [1.807, 2.05) is 11.0 Å². The highest BCUT2D eigenvalue weighted by molar-refractivity contribution is 5.94. The monoisotopic (exact) mass is 273 g/mol. The molecular formula is C16H23N3O. The summed E-state index contributed by atoms with van der Waals surface area (Å²) in [7, 11) is 0. The van der Waals surface area contributed by atoms with Crippen LogP contribution in [0.15, 0.2) is 18.2 Å². The van der Waals surface area contributed by atoms with E-state index < -0.39 is 0 Å². The second kappa shape index (κ2) is 5.94. The molecule has 108 valence electrons. The van der Waals surface area contributed by atoms with E-state index in [1.165, 1.54) is 11.1 Å². The van der Waals surface area contributed by atoms with Crippen molar-refractivity contribution in [3.63, 3.8) is 0 Å². The number of fused-ring (bicyclic) bond motifs is 1. The lowest BCUT2D eigenvalue weighted by atomic mass is 9.98. The average Bonchev–Trinajstić information content (AvgIpc) is 2.54. The fourth-order valence-electron chi connectivity index (χ4n) is 3.06. The Morgan fingerprint density at radius 1 is 1.20 bits per heavy atom. The molecule has 2 aliphatic rings. The van der Waals surface area contributed by atoms with E-state index in [0.29, 0.717) is 0 Å². The van der Waals surface area contributed by atoms with Gasteiger partial charge in [0.05, 0.1) is 0 Å². The molecule has 4 nitrogen and oxygen atoms in total. The van der Waals surface area contributed by atoms with Gasteiger partial charge in [-0.05, 0) is 42.8 Å². The fraction of sp³-hybridized carbons (Fsp3) is 0.562. The van der Waals surface area contributed by atoms with Gasteiger partial charge in [0.2, 0.25) is 0 Å². The van der Waals surface area contributed by atoms with E-state index >= 15 is 0 Å². The molecule has 1 aromatic rings. The zero-order valence-electron chi connectivity index (χ0n) is 12.2. The van der Waals surface area contributed by atoms with Crippen LogP contribution in [-0.4, -0.2) is 55.0 Å². The molecule has 20 heavy (non-hydrogen) atoms. The number of piperazine rings is 1. The molecule has 1 fully saturated rings. The Bertz CT molecular complexity index is 492. The summed E-state index contributed by atoms with van der Waals surface area (Å²) < 4.78 is 0. The number of benzene rings is 1. The molecule has 0 radical (unpaired) electrons. The first-order valence-electron chi connectivity index (χ1n) is 7.62. The van der Waals surface area contributed by atoms with Crippen molar-refractivity contribution in [2.45, 2.75) is 19.9 Å². The van der Waals surface area contributed by atoms with Crippen LogP contribution >= 0.6 is 0 Å². The van der Waals surface area contributed by atoms with Gasteiger partial charge in [-0.2, -0.15) is 0 Å². The van der Waals surface area contributed by atoms with Gasteiger partial charge in [0, 0.05) is 38.3 Å². The summed E-state index contributed by atoms with van der Waals surface area (Å²) in [6.07, 6.45) is 1.03. The molecular weight excluding hydrogens is 250 g/mol. The Balaban J connectivity index is 1.71. The number of nitrogens with one attached hydrogen (secondary N) is 1. The number of rotatable bonds is 2. The molecule has 0 unspecified atom stereocenters. The van der Waals surface area contributed by atoms with Crippen LogP contribution in [0.5, 0.6) is 0 Å². The molecule has 0 saturated carbocycles. The highest BCUT2D eigenvalue weighted by Crippen LogP contribution is 2.17. The Kier molecular flexibility index (Phi) is 4.03. The highest BCUT2D eigenvalue weighted by atomic mass is 16.2. The summed E-state index contributed by atoms with van der Waals surface area (Å²) in [6.45, 7) is 8.90. The molecule has 2 aliphatic heterocycles. The van der Waals surface area contributed by atoms with Crippen molar-refractivity contribution in [2.24, 2.45) is 0 Å². The highest BCUT2D eigenvalue weighted by Gasteiger charge is 2.22. The van der Waals surface area contributed by atoms with Gasteiger partial charge >= 0.3 is 0 Å². The van der Waals surface area contributed by atoms with Gasteiger partial charge in [0.25, 0.3) is 5.91 Å². The van der Waals surface area contributed by atoms with E-state index in [-0.39, 0.29) is 5.91 Å². The summed E-state index contributed by atoms with van der Waals surface area (Å²) in [5.41, 5.74) is 3.53. The van der Waals surface area contributed by atoms with Crippen LogP contribution in [-0.2, 0) is 13.0 Å². The summed E-state index contributed by atoms with van der Waals surface area (Å²) in [4.78, 5) is 17.0. The van der Waals surface area contributed by atoms with Crippen LogP contribution in [0.2, 0.25) is 0 Å². The third-order valence-electron chi connectivity index (χ3n) is 4.45. The number of nitrogens with zero attached hydrogens (tertiary/aromatic N) is 2. The maximum atomic E-state index is 12.6. The topological polar surface area (TPSA) is 35.6 Å². The van der Waals surface area contributed by atoms with Crippen LogP contribution in [0, 0.1) is 0 Å². The lowest BCUT2D eigenvalue weighted by Crippen LogP contribution is -2.48. The summed E-state index contributed by atoms with van der Waals surface area (Å²) in [5, 5.41) is 3.36. The lowest BCUT2D eigenvalue weighted by Gasteiger charge is -2.34. The van der Waals surface area contributed by atoms with Crippen molar-refractivity contribution >= 4 is 5.91 Å². The number of hydrogen-bond acceptors (Lipinski definition) is 3. The second-order valence-corrected chi connectivity index (χ2v) is 5.64. The smallest absolute Gasteiger partial charge is 0.253 e. The molecule has 4 heteroatoms. The van der Waals surface area contributed by atoms with Crippen molar-refractivity contribution in [1.29, 1.82) is 0 Å². The molecule has 0 aliphatic carbocycles. The first-order valence-corrected chi connectivity index (χ1v) is 7.62. The molecule has 1 N–H and O–H groups in total. The van der Waals surface area contributed by atoms with Crippen molar-refractivity contribution in [3.05, 3.63) is 34.9 Å². The minimum atomic E-state index is 0.196. The van der Waals surface area contributed by atoms with Crippen molar-refractivity contribution < 1.29 is 4.79 Å². The van der Waals surface area contributed by atoms with Crippen LogP contribution in [0.4, 0.5) is 0 Å². The van der Waals surface area contributed by atoms with E-state index in [0.717, 1.165) is 57.8 Å². The normalized spacial score (nSPS) is 19.8. The predicted octanol–water partition coefficient (Wildman–Crippen LogP) is 1.11. The van der Waals surface area contributed by atoms with Gasteiger partial charge in [-0.3, -0.25) is 4.79 Å². The molecule has 1 saturated heterocycles. The zero-order chi connectivity index (χ0) is 13.9. The number of amides is 1. The Labute approximate surface area is 120 Å². The molecule has 1 amide bonds. The fourth-order valence-corrected chi connectivity index (χ4v) is 3.06. The van der Waals surface area contributed by atoms with Gasteiger partial charge in [-0.25, -0.2) is 0 Å². The molecule has 0 bridgehead atoms. The Morgan fingerprint density at radius 3 is 2.75 bits per heavy atom. The molecule has 0 atom stereocenters. The maximum absolute atomic E-state index is 12.6. The number of hydrogen-bond donors (Lipinski definition) is 1. The van der Waals surface area contributed by atoms with Crippen LogP contribution < -0.4 is 5.32 Å². The quantitative estimate of drug-likeness (QED) is 0.877. The van der Waals surface area contributed by atoms with Gasteiger partial charge in [0.15, 0.2) is 0 Å². The first-order chi connectivity index (χ1) is 9.78. The summed E-state index contributed by atoms with van der Waals surface area (Å²) in [6, 6.07) is 6.20. The number of likely N-dealkylation sites (N-methyl/N-ethyl adjacent to an activating group) is 1. The van der Waals surface area contributed by atoms with E-state index in [9.17, 15) is 4.79 Å². The SMILES string of the molecule is CCN1CCN(C(=O)c2ccc3c(c2)CCNC3)CC1. The van der Waals surface area contributed by atoms with Crippen molar-refractivity contribution in [3.8, 4) is 0 Å². The summed E-state index contributed by atoms with van der Waals surface area (Å²) >= 11 is 0. The Hall–Kier alpha value is -1.39. The molecule has 2 heterocycles. The lowest BCUT2D eigenvalue weighted by molar-refractivity contribution is 0.0643. The number of carbonyl (C=O) groups excluding carboxylic acids is 1. The van der Waals surface area contributed by atoms with E-state index in [2.05, 4.69) is 29.3 Å². The molecule has 3 rings (SSSR count). The minimum absolute atomic E-state index is 0.196. The number of carbonyl (C=O) groups is 1. The van der Waals surface area contributed by atoms with Gasteiger partial charge in [0.1, 0.15) is 0 Å². The molecule has 0 spiro atoms. The zero-order valence-corrected chi connectivity index (χ0v) is 12.2. The minimum Gasteiger partial charge on any atom is -0.336 e. The molecule has 1 aromatic carbocycles. The van der Waals surface area contributed by atoms with Crippen molar-refractivity contribution in [1.82, 2.24) is 15.1 Å². The second-order valence-electron chi connectivity index (χ2n) is 5.64. The van der Waals surface area contributed by atoms with Gasteiger partial charge < -0.3 is 15.1 Å². The van der Waals surface area contributed by atoms with Crippen LogP contribution in [0.3, 0.4) is 0 Å². The maximum Gasteiger partial charge on any atom is 0.253 e. The third-order valence-corrected chi connectivity index (χ3v) is 4.45. The summed E-state index contributed by atoms with van der Waals surface area (Å²) in [5.74, 6) is 0.196. The van der Waals surface area contributed by atoms with Gasteiger partial charge in [-0.15, -0.1) is 0 Å². The van der Waals surface area contributed by atoms with Crippen LogP contribution in [0.25, 0.3) is 0 Å². The van der Waals surface area contributed by atoms with Crippen molar-refractivity contribution in [2.75, 3.05) is 39.3 Å². The standard InChI is InChI=1S/C16H23N3O/c1-2-18-7-9-19(10-8-18)16(20)14-3-4-15-12-17-6-5-13(15)11-14/h3-4,11,17H,2,5-10,12H2,1H3. The molecule has 0 aromatic heterocycles. The largest absolute Gasteiger partial charge is 0.336 e. The first kappa shape index (κ1) is 13.6. The van der Waals surface area contributed by atoms with Gasteiger partial charge in [-0.1, -0.05) is 13.0 Å². The Morgan fingerprint density at radius 2 is 2.00 bits per heavy atom. The van der Waals surface area contributed by atoms with E-state index in [1.54, 1.807) is 0 Å². The average molecular weight is 273 g/mol. The predicted molar refractivity (Wildman–Crippen MR) is 79.9 cm³/mol. The van der Waals surface area contributed by atoms with E-state index in [4.69, 9.17) is 0 Å². The third kappa shape index (κ3) is 2.72. The van der Waals surface area contributed by atoms with Crippen LogP contribution in [0.1, 0.15) is 28.4 Å².